The van der Waals surface area contributed by atoms with Crippen LogP contribution in [0.3, 0.4) is 0 Å². The molecular weight excluding hydrogens is 396 g/mol. The summed E-state index contributed by atoms with van der Waals surface area (Å²) in [5.74, 6) is 1.20. The van der Waals surface area contributed by atoms with Gasteiger partial charge in [-0.15, -0.1) is 0 Å². The van der Waals surface area contributed by atoms with Crippen LogP contribution in [0.25, 0.3) is 0 Å². The Bertz CT molecular complexity index is 1110. The smallest absolute Gasteiger partial charge is 0.262 e. The van der Waals surface area contributed by atoms with E-state index < -0.39 is 6.17 Å². The summed E-state index contributed by atoms with van der Waals surface area (Å²) in [7, 11) is 3.11. The molecule has 2 N–H and O–H groups in total. The van der Waals surface area contributed by atoms with Crippen molar-refractivity contribution in [3.05, 3.63) is 71.8 Å². The fourth-order valence-electron chi connectivity index (χ4n) is 3.74. The number of benzene rings is 3. The summed E-state index contributed by atoms with van der Waals surface area (Å²) in [6.45, 7) is 2.26. The average Bonchev–Trinajstić information content (AvgIpc) is 2.80. The lowest BCUT2D eigenvalue weighted by atomic mass is 10.0. The summed E-state index contributed by atoms with van der Waals surface area (Å²) >= 11 is 0. The average molecular weight is 420 g/mol. The molecule has 0 fully saturated rings. The van der Waals surface area contributed by atoms with E-state index in [4.69, 9.17) is 14.2 Å². The Morgan fingerprint density at radius 1 is 1.00 bits per heavy atom. The van der Waals surface area contributed by atoms with E-state index in [1.165, 1.54) is 7.11 Å². The lowest BCUT2D eigenvalue weighted by Gasteiger charge is -2.39. The van der Waals surface area contributed by atoms with E-state index in [-0.39, 0.29) is 11.7 Å². The third-order valence-electron chi connectivity index (χ3n) is 5.20. The van der Waals surface area contributed by atoms with Gasteiger partial charge in [0.25, 0.3) is 5.91 Å². The fourth-order valence-corrected chi connectivity index (χ4v) is 3.74. The maximum Gasteiger partial charge on any atom is 0.262 e. The van der Waals surface area contributed by atoms with Crippen molar-refractivity contribution in [1.82, 2.24) is 0 Å². The van der Waals surface area contributed by atoms with Crippen molar-refractivity contribution in [2.45, 2.75) is 13.1 Å². The Morgan fingerprint density at radius 3 is 2.55 bits per heavy atom. The third kappa shape index (κ3) is 3.59. The minimum absolute atomic E-state index is 0.0218. The van der Waals surface area contributed by atoms with Crippen molar-refractivity contribution < 1.29 is 24.1 Å². The molecule has 0 bridgehead atoms. The molecule has 0 radical (unpaired) electrons. The molecule has 1 aliphatic rings. The maximum atomic E-state index is 13.6. The van der Waals surface area contributed by atoms with Gasteiger partial charge in [0.05, 0.1) is 32.1 Å². The number of aromatic hydroxyl groups is 1. The molecule has 0 aliphatic carbocycles. The monoisotopic (exact) mass is 420 g/mol. The number of ether oxygens (including phenoxy) is 3. The lowest BCUT2D eigenvalue weighted by Crippen LogP contribution is -2.43. The molecule has 1 aliphatic heterocycles. The van der Waals surface area contributed by atoms with Gasteiger partial charge in [-0.1, -0.05) is 24.3 Å². The Morgan fingerprint density at radius 2 is 1.81 bits per heavy atom. The van der Waals surface area contributed by atoms with Crippen LogP contribution in [0, 0.1) is 0 Å². The van der Waals surface area contributed by atoms with Gasteiger partial charge in [0.2, 0.25) is 0 Å². The summed E-state index contributed by atoms with van der Waals surface area (Å²) in [4.78, 5) is 15.2. The topological polar surface area (TPSA) is 80.3 Å². The van der Waals surface area contributed by atoms with Gasteiger partial charge in [-0.2, -0.15) is 0 Å². The second kappa shape index (κ2) is 8.47. The summed E-state index contributed by atoms with van der Waals surface area (Å²) in [5.41, 5.74) is 2.26. The van der Waals surface area contributed by atoms with E-state index in [9.17, 15) is 9.90 Å². The number of hydrogen-bond donors (Lipinski definition) is 2. The van der Waals surface area contributed by atoms with Gasteiger partial charge >= 0.3 is 0 Å². The Hall–Kier alpha value is -3.87. The number of amides is 1. The highest BCUT2D eigenvalue weighted by atomic mass is 16.5. The first-order valence-electron chi connectivity index (χ1n) is 9.94. The van der Waals surface area contributed by atoms with Crippen LogP contribution in [-0.4, -0.2) is 31.8 Å². The summed E-state index contributed by atoms with van der Waals surface area (Å²) in [5, 5.41) is 14.3. The van der Waals surface area contributed by atoms with Crippen molar-refractivity contribution in [3.63, 3.8) is 0 Å². The number of para-hydroxylation sites is 2. The van der Waals surface area contributed by atoms with Gasteiger partial charge in [-0.3, -0.25) is 9.69 Å². The molecule has 1 amide bonds. The van der Waals surface area contributed by atoms with Crippen molar-refractivity contribution >= 4 is 17.3 Å². The van der Waals surface area contributed by atoms with Crippen LogP contribution in [0.2, 0.25) is 0 Å². The maximum absolute atomic E-state index is 13.6. The Labute approximate surface area is 180 Å². The van der Waals surface area contributed by atoms with Gasteiger partial charge in [0, 0.05) is 17.3 Å². The molecule has 0 unspecified atom stereocenters. The molecule has 0 saturated carbocycles. The third-order valence-corrected chi connectivity index (χ3v) is 5.20. The second-order valence-electron chi connectivity index (χ2n) is 6.93. The molecule has 0 aromatic heterocycles. The Balaban J connectivity index is 1.91. The first-order valence-corrected chi connectivity index (χ1v) is 9.94. The van der Waals surface area contributed by atoms with Gasteiger partial charge in [-0.25, -0.2) is 0 Å². The molecule has 7 heteroatoms. The summed E-state index contributed by atoms with van der Waals surface area (Å²) < 4.78 is 16.4. The summed E-state index contributed by atoms with van der Waals surface area (Å²) in [6, 6.07) is 17.8. The van der Waals surface area contributed by atoms with E-state index in [1.807, 2.05) is 25.1 Å². The zero-order valence-corrected chi connectivity index (χ0v) is 17.6. The molecule has 0 spiro atoms. The van der Waals surface area contributed by atoms with E-state index in [0.29, 0.717) is 46.4 Å². The number of carbonyl (C=O) groups excluding carboxylic acids is 1. The molecular formula is C24H24N2O5. The number of fused-ring (bicyclic) bond motifs is 1. The van der Waals surface area contributed by atoms with E-state index in [1.54, 1.807) is 54.5 Å². The standard InChI is InChI=1S/C24H24N2O5/c1-4-31-20-11-7-9-17(22(20)27)23-25-18-10-6-5-8-16(18)24(28)26(23)19-13-12-15(29-2)14-21(19)30-3/h5-14,23,25,27H,4H2,1-3H3/t23-/m1/s1. The van der Waals surface area contributed by atoms with Gasteiger partial charge in [0.15, 0.2) is 11.5 Å². The van der Waals surface area contributed by atoms with Crippen LogP contribution in [0.1, 0.15) is 29.0 Å². The molecule has 3 aromatic rings. The second-order valence-corrected chi connectivity index (χ2v) is 6.93. The lowest BCUT2D eigenvalue weighted by molar-refractivity contribution is 0.0973. The van der Waals surface area contributed by atoms with Gasteiger partial charge in [-0.05, 0) is 37.3 Å². The first kappa shape index (κ1) is 20.4. The number of methoxy groups -OCH3 is 2. The molecule has 7 nitrogen and oxygen atoms in total. The zero-order valence-electron chi connectivity index (χ0n) is 17.6. The highest BCUT2D eigenvalue weighted by Crippen LogP contribution is 2.45. The molecule has 0 saturated heterocycles. The quantitative estimate of drug-likeness (QED) is 0.608. The number of hydrogen-bond acceptors (Lipinski definition) is 6. The zero-order chi connectivity index (χ0) is 22.0. The predicted molar refractivity (Wildman–Crippen MR) is 118 cm³/mol. The van der Waals surface area contributed by atoms with Crippen LogP contribution < -0.4 is 24.4 Å². The number of carbonyl (C=O) groups is 1. The van der Waals surface area contributed by atoms with Crippen LogP contribution >= 0.6 is 0 Å². The molecule has 160 valence electrons. The highest BCUT2D eigenvalue weighted by molar-refractivity contribution is 6.12. The molecule has 3 aromatic carbocycles. The molecule has 31 heavy (non-hydrogen) atoms. The number of phenols is 1. The first-order chi connectivity index (χ1) is 15.1. The van der Waals surface area contributed by atoms with E-state index in [2.05, 4.69) is 5.32 Å². The number of nitrogens with one attached hydrogen (secondary N) is 1. The molecule has 4 rings (SSSR count). The highest BCUT2D eigenvalue weighted by Gasteiger charge is 2.37. The molecule has 1 heterocycles. The minimum Gasteiger partial charge on any atom is -0.504 e. The minimum atomic E-state index is -0.690. The predicted octanol–water partition coefficient (Wildman–Crippen LogP) is 4.58. The molecule has 1 atom stereocenters. The fraction of sp³-hybridized carbons (Fsp3) is 0.208. The normalized spacial score (nSPS) is 15.1. The van der Waals surface area contributed by atoms with Crippen molar-refractivity contribution in [2.75, 3.05) is 31.0 Å². The van der Waals surface area contributed by atoms with Crippen LogP contribution in [0.4, 0.5) is 11.4 Å². The van der Waals surface area contributed by atoms with Crippen molar-refractivity contribution in [3.8, 4) is 23.0 Å². The van der Waals surface area contributed by atoms with E-state index >= 15 is 0 Å². The van der Waals surface area contributed by atoms with Gasteiger partial charge in [0.1, 0.15) is 17.7 Å². The van der Waals surface area contributed by atoms with Crippen LogP contribution in [-0.2, 0) is 0 Å². The van der Waals surface area contributed by atoms with Crippen LogP contribution in [0.5, 0.6) is 23.0 Å². The number of rotatable bonds is 6. The number of nitrogens with zero attached hydrogens (tertiary/aromatic N) is 1. The van der Waals surface area contributed by atoms with Gasteiger partial charge < -0.3 is 24.6 Å². The summed E-state index contributed by atoms with van der Waals surface area (Å²) in [6.07, 6.45) is -0.690. The Kier molecular flexibility index (Phi) is 5.58. The van der Waals surface area contributed by atoms with Crippen molar-refractivity contribution in [1.29, 1.82) is 0 Å². The van der Waals surface area contributed by atoms with Crippen LogP contribution in [0.15, 0.2) is 60.7 Å². The number of phenolic OH excluding ortho intramolecular Hbond substituents is 1. The van der Waals surface area contributed by atoms with E-state index in [0.717, 1.165) is 0 Å². The van der Waals surface area contributed by atoms with Crippen molar-refractivity contribution in [2.24, 2.45) is 0 Å². The largest absolute Gasteiger partial charge is 0.504 e. The SMILES string of the molecule is CCOc1cccc([C@@H]2Nc3ccccc3C(=O)N2c2ccc(OC)cc2OC)c1O. The number of anilines is 2.